The molecule has 2 saturated heterocycles. The maximum atomic E-state index is 12.4. The van der Waals surface area contributed by atoms with Gasteiger partial charge in [-0.3, -0.25) is 4.79 Å². The molecule has 3 unspecified atom stereocenters. The van der Waals surface area contributed by atoms with E-state index >= 15 is 0 Å². The number of hydrogen-bond donors (Lipinski definition) is 2. The molecule has 0 spiro atoms. The molecule has 17 heteroatoms. The van der Waals surface area contributed by atoms with Crippen molar-refractivity contribution in [2.24, 2.45) is 0 Å². The van der Waals surface area contributed by atoms with E-state index in [1.54, 1.807) is 23.4 Å². The fraction of sp³-hybridized carbons (Fsp3) is 0.588. The van der Waals surface area contributed by atoms with Crippen LogP contribution in [0.1, 0.15) is 74.3 Å². The lowest BCUT2D eigenvalue weighted by atomic mass is 9.72. The fourth-order valence-corrected chi connectivity index (χ4v) is 8.66. The summed E-state index contributed by atoms with van der Waals surface area (Å²) in [5, 5.41) is 32.4. The largest absolute Gasteiger partial charge is 0.475 e. The third-order valence-corrected chi connectivity index (χ3v) is 11.2. The Bertz CT molecular complexity index is 1890. The van der Waals surface area contributed by atoms with Crippen LogP contribution in [0.2, 0.25) is 0 Å². The van der Waals surface area contributed by atoms with Gasteiger partial charge in [-0.15, -0.1) is 11.3 Å². The number of aromatic nitrogens is 7. The highest BCUT2D eigenvalue weighted by Gasteiger charge is 2.43. The van der Waals surface area contributed by atoms with Gasteiger partial charge < -0.3 is 34.8 Å². The molecule has 0 radical (unpaired) electrons. The van der Waals surface area contributed by atoms with E-state index in [2.05, 4.69) is 50.2 Å². The number of nitriles is 1. The van der Waals surface area contributed by atoms with Crippen LogP contribution in [0.3, 0.4) is 0 Å². The number of fused-ring (bicyclic) bond motifs is 1. The summed E-state index contributed by atoms with van der Waals surface area (Å²) in [6.07, 6.45) is 8.98. The van der Waals surface area contributed by atoms with Gasteiger partial charge in [-0.1, -0.05) is 15.5 Å². The number of aryl methyl sites for hydroxylation is 1. The molecule has 6 heterocycles. The summed E-state index contributed by atoms with van der Waals surface area (Å²) in [4.78, 5) is 34.2. The molecule has 16 nitrogen and oxygen atoms in total. The minimum atomic E-state index is -0.593. The number of nitrogens with zero attached hydrogens (tertiary/aromatic N) is 11. The van der Waals surface area contributed by atoms with Crippen LogP contribution in [0.15, 0.2) is 23.0 Å². The molecule has 51 heavy (non-hydrogen) atoms. The normalized spacial score (nSPS) is 22.5. The Balaban J connectivity index is 0.905. The van der Waals surface area contributed by atoms with Gasteiger partial charge in [0.05, 0.1) is 29.9 Å². The van der Waals surface area contributed by atoms with Crippen LogP contribution >= 0.6 is 11.3 Å². The Morgan fingerprint density at radius 2 is 2.12 bits per heavy atom. The van der Waals surface area contributed by atoms with Crippen molar-refractivity contribution < 1.29 is 19.2 Å². The van der Waals surface area contributed by atoms with Crippen LogP contribution in [0.4, 0.5) is 10.9 Å². The van der Waals surface area contributed by atoms with E-state index in [4.69, 9.17) is 25.0 Å². The van der Waals surface area contributed by atoms with Gasteiger partial charge in [-0.25, -0.2) is 14.6 Å². The number of hydrogen-bond acceptors (Lipinski definition) is 15. The molecule has 0 aromatic carbocycles. The van der Waals surface area contributed by atoms with Crippen LogP contribution < -0.4 is 15.4 Å². The minimum Gasteiger partial charge on any atom is -0.475 e. The molecular formula is C34H44N12O4S. The van der Waals surface area contributed by atoms with E-state index in [1.807, 2.05) is 0 Å². The van der Waals surface area contributed by atoms with Crippen LogP contribution in [0, 0.1) is 11.3 Å². The Labute approximate surface area is 300 Å². The van der Waals surface area contributed by atoms with E-state index in [-0.39, 0.29) is 18.5 Å². The molecule has 3 atom stereocenters. The van der Waals surface area contributed by atoms with Gasteiger partial charge in [0.25, 0.3) is 5.88 Å². The summed E-state index contributed by atoms with van der Waals surface area (Å²) < 4.78 is 13.1. The summed E-state index contributed by atoms with van der Waals surface area (Å²) in [5.41, 5.74) is 7.65. The monoisotopic (exact) mass is 716 g/mol. The number of aliphatic hydroxyl groups is 1. The average Bonchev–Trinajstić information content (AvgIpc) is 3.92. The molecule has 3 N–H and O–H groups in total. The van der Waals surface area contributed by atoms with E-state index in [9.17, 15) is 15.2 Å². The topological polar surface area (TPSA) is 201 Å². The third kappa shape index (κ3) is 7.39. The summed E-state index contributed by atoms with van der Waals surface area (Å²) in [7, 11) is 0. The lowest BCUT2D eigenvalue weighted by Gasteiger charge is -2.30. The number of nitrogen functional groups attached to an aromatic ring is 1. The van der Waals surface area contributed by atoms with E-state index in [0.717, 1.165) is 75.1 Å². The maximum absolute atomic E-state index is 12.4. The fourth-order valence-electron chi connectivity index (χ4n) is 7.47. The molecule has 1 aliphatic carbocycles. The number of rotatable bonds is 11. The predicted octanol–water partition coefficient (Wildman–Crippen LogP) is 2.63. The van der Waals surface area contributed by atoms with Crippen LogP contribution in [-0.2, 0) is 23.2 Å². The van der Waals surface area contributed by atoms with Gasteiger partial charge >= 0.3 is 0 Å². The number of nitrogens with two attached hydrogens (primary N) is 1. The van der Waals surface area contributed by atoms with E-state index in [1.165, 1.54) is 16.0 Å². The third-order valence-electron chi connectivity index (χ3n) is 10.2. The predicted molar refractivity (Wildman–Crippen MR) is 188 cm³/mol. The van der Waals surface area contributed by atoms with Crippen molar-refractivity contribution in [3.8, 4) is 23.5 Å². The summed E-state index contributed by atoms with van der Waals surface area (Å²) in [6.45, 7) is 9.41. The quantitative estimate of drug-likeness (QED) is 0.215. The molecule has 2 fully saturated rings. The number of likely N-dealkylation sites (tertiary alicyclic amines) is 1. The highest BCUT2D eigenvalue weighted by atomic mass is 32.1. The molecular weight excluding hydrogens is 673 g/mol. The highest BCUT2D eigenvalue weighted by molar-refractivity contribution is 7.16. The lowest BCUT2D eigenvalue weighted by molar-refractivity contribution is -0.131. The number of unbranched alkanes of at least 4 members (excludes halogenated alkanes) is 1. The van der Waals surface area contributed by atoms with Gasteiger partial charge in [0.2, 0.25) is 23.6 Å². The van der Waals surface area contributed by atoms with Crippen LogP contribution in [0.5, 0.6) is 5.88 Å². The Morgan fingerprint density at radius 1 is 1.24 bits per heavy atom. The zero-order chi connectivity index (χ0) is 35.5. The summed E-state index contributed by atoms with van der Waals surface area (Å²) >= 11 is 1.48. The standard InChI is InChI=1S/C34H44N12O4S/c1-22-18-43(12-3-4-16-49-27-20-45(42-40-27)21-28(48)44-15-9-23(47)19-44)13-6-14-46(22)33-37-11-8-25(38-33)31-39-32(50-41-31)34(2)10-5-7-26-29(34)24(17-35)30(36)51-26/h8,11,20,22-23,47H,3-7,9-10,12-16,18-19,21,36H2,1-2H3. The highest BCUT2D eigenvalue weighted by Crippen LogP contribution is 2.48. The second-order valence-corrected chi connectivity index (χ2v) is 15.0. The number of ether oxygens (including phenoxy) is 1. The first kappa shape index (κ1) is 34.8. The van der Waals surface area contributed by atoms with Gasteiger partial charge in [0.1, 0.15) is 23.3 Å². The molecule has 3 aliphatic rings. The van der Waals surface area contributed by atoms with Gasteiger partial charge in [0, 0.05) is 48.9 Å². The second kappa shape index (κ2) is 14.9. The molecule has 4 aromatic rings. The van der Waals surface area contributed by atoms with Crippen molar-refractivity contribution in [3.05, 3.63) is 40.4 Å². The first-order valence-electron chi connectivity index (χ1n) is 17.7. The molecule has 0 saturated carbocycles. The van der Waals surface area contributed by atoms with Crippen LogP contribution in [0.25, 0.3) is 11.5 Å². The zero-order valence-corrected chi connectivity index (χ0v) is 29.9. The molecule has 270 valence electrons. The van der Waals surface area contributed by atoms with E-state index < -0.39 is 11.5 Å². The first-order valence-corrected chi connectivity index (χ1v) is 18.5. The maximum Gasteiger partial charge on any atom is 0.253 e. The van der Waals surface area contributed by atoms with Crippen molar-refractivity contribution in [1.82, 2.24) is 44.9 Å². The number of anilines is 2. The molecule has 2 aliphatic heterocycles. The number of carbonyl (C=O) groups is 1. The molecule has 0 bridgehead atoms. The Morgan fingerprint density at radius 3 is 2.94 bits per heavy atom. The minimum absolute atomic E-state index is 0.0813. The molecule has 1 amide bonds. The van der Waals surface area contributed by atoms with Crippen molar-refractivity contribution in [2.45, 2.75) is 82.9 Å². The Kier molecular flexibility index (Phi) is 10.2. The van der Waals surface area contributed by atoms with Crippen molar-refractivity contribution in [3.63, 3.8) is 0 Å². The molecule has 7 rings (SSSR count). The lowest BCUT2D eigenvalue weighted by Crippen LogP contribution is -2.40. The number of β-amino-alcohol motifs (C(OH)–C–C–N with tert-alkyl or cyclic N) is 1. The van der Waals surface area contributed by atoms with Crippen molar-refractivity contribution in [1.29, 1.82) is 5.26 Å². The summed E-state index contributed by atoms with van der Waals surface area (Å²) in [5.74, 6) is 1.82. The zero-order valence-electron chi connectivity index (χ0n) is 29.1. The molecule has 4 aromatic heterocycles. The van der Waals surface area contributed by atoms with Crippen LogP contribution in [-0.4, -0.2) is 114 Å². The van der Waals surface area contributed by atoms with Crippen molar-refractivity contribution in [2.75, 3.05) is 56.5 Å². The first-order chi connectivity index (χ1) is 24.7. The second-order valence-electron chi connectivity index (χ2n) is 13.9. The summed E-state index contributed by atoms with van der Waals surface area (Å²) in [6, 6.07) is 4.29. The van der Waals surface area contributed by atoms with Gasteiger partial charge in [-0.2, -0.15) is 10.2 Å². The number of aliphatic hydroxyl groups excluding tert-OH is 1. The van der Waals surface area contributed by atoms with E-state index in [0.29, 0.717) is 65.9 Å². The Hall–Kier alpha value is -4.66. The number of thiophene rings is 1. The number of carbonyl (C=O) groups excluding carboxylic acids is 1. The van der Waals surface area contributed by atoms with Gasteiger partial charge in [0.15, 0.2) is 0 Å². The SMILES string of the molecule is CC1CN(CCCCOc2cn(CC(=O)N3CCC(O)C3)nn2)CCCN1c1nccc(-c2noc(C3(C)CCCc4sc(N)c(C#N)c43)n2)n1. The van der Waals surface area contributed by atoms with Gasteiger partial charge in [-0.05, 0) is 77.9 Å². The van der Waals surface area contributed by atoms with Crippen molar-refractivity contribution >= 4 is 28.2 Å². The average molecular weight is 717 g/mol. The smallest absolute Gasteiger partial charge is 0.253 e. The number of amides is 1.